The molecule has 0 spiro atoms. The third-order valence-corrected chi connectivity index (χ3v) is 3.27. The van der Waals surface area contributed by atoms with Crippen LogP contribution in [0.5, 0.6) is 0 Å². The number of hydrogen-bond acceptors (Lipinski definition) is 3. The lowest BCUT2D eigenvalue weighted by Gasteiger charge is -2.07. The number of hydrogen-bond donors (Lipinski definition) is 1. The molecule has 2 aromatic carbocycles. The van der Waals surface area contributed by atoms with Crippen molar-refractivity contribution in [3.63, 3.8) is 0 Å². The zero-order chi connectivity index (χ0) is 13.9. The van der Waals surface area contributed by atoms with Gasteiger partial charge in [-0.25, -0.2) is 4.98 Å². The van der Waals surface area contributed by atoms with Crippen LogP contribution in [0.3, 0.4) is 0 Å². The Kier molecular flexibility index (Phi) is 3.72. The van der Waals surface area contributed by atoms with E-state index in [1.807, 2.05) is 36.4 Å². The van der Waals surface area contributed by atoms with E-state index in [0.717, 1.165) is 22.4 Å². The lowest BCUT2D eigenvalue weighted by Crippen LogP contribution is -2.02. The van der Waals surface area contributed by atoms with E-state index in [9.17, 15) is 0 Å². The minimum Gasteiger partial charge on any atom is -0.379 e. The molecule has 3 aromatic rings. The van der Waals surface area contributed by atoms with Crippen molar-refractivity contribution in [2.45, 2.75) is 6.54 Å². The van der Waals surface area contributed by atoms with Crippen LogP contribution in [0, 0.1) is 0 Å². The normalized spacial score (nSPS) is 10.7. The fourth-order valence-corrected chi connectivity index (χ4v) is 2.46. The van der Waals surface area contributed by atoms with E-state index >= 15 is 0 Å². The maximum absolute atomic E-state index is 5.96. The first-order valence-electron chi connectivity index (χ1n) is 6.11. The second-order valence-electron chi connectivity index (χ2n) is 4.36. The van der Waals surface area contributed by atoms with Gasteiger partial charge in [0.25, 0.3) is 0 Å². The van der Waals surface area contributed by atoms with Gasteiger partial charge in [-0.15, -0.1) is 0 Å². The first-order valence-corrected chi connectivity index (χ1v) is 6.87. The van der Waals surface area contributed by atoms with Crippen LogP contribution in [0.15, 0.2) is 48.7 Å². The molecule has 0 aliphatic heterocycles. The molecule has 3 nitrogen and oxygen atoms in total. The monoisotopic (exact) mass is 303 g/mol. The predicted molar refractivity (Wildman–Crippen MR) is 83.3 cm³/mol. The molecule has 0 fully saturated rings. The summed E-state index contributed by atoms with van der Waals surface area (Å²) in [7, 11) is 0. The minimum atomic E-state index is 0.564. The topological polar surface area (TPSA) is 37.8 Å². The van der Waals surface area contributed by atoms with Crippen LogP contribution >= 0.6 is 23.2 Å². The Morgan fingerprint density at radius 3 is 2.40 bits per heavy atom. The van der Waals surface area contributed by atoms with E-state index in [1.165, 1.54) is 0 Å². The second-order valence-corrected chi connectivity index (χ2v) is 5.23. The Balaban J connectivity index is 1.79. The van der Waals surface area contributed by atoms with Crippen molar-refractivity contribution in [1.29, 1.82) is 0 Å². The first kappa shape index (κ1) is 13.2. The molecule has 100 valence electrons. The van der Waals surface area contributed by atoms with Crippen molar-refractivity contribution in [2.24, 2.45) is 0 Å². The van der Waals surface area contributed by atoms with Crippen LogP contribution in [0.25, 0.3) is 11.0 Å². The SMILES string of the molecule is Clc1cc(Cl)cc(NCc2cnc3ccccc3n2)c1. The lowest BCUT2D eigenvalue weighted by molar-refractivity contribution is 1.04. The van der Waals surface area contributed by atoms with Crippen LogP contribution in [0.2, 0.25) is 10.0 Å². The summed E-state index contributed by atoms with van der Waals surface area (Å²) in [5.74, 6) is 0. The van der Waals surface area contributed by atoms with Gasteiger partial charge in [-0.2, -0.15) is 0 Å². The average Bonchev–Trinajstić information content (AvgIpc) is 2.44. The third kappa shape index (κ3) is 3.00. The van der Waals surface area contributed by atoms with Crippen LogP contribution in [0.1, 0.15) is 5.69 Å². The van der Waals surface area contributed by atoms with Crippen molar-refractivity contribution in [2.75, 3.05) is 5.32 Å². The van der Waals surface area contributed by atoms with Crippen molar-refractivity contribution in [1.82, 2.24) is 9.97 Å². The van der Waals surface area contributed by atoms with Gasteiger partial charge < -0.3 is 5.32 Å². The molecule has 0 saturated carbocycles. The summed E-state index contributed by atoms with van der Waals surface area (Å²) in [5.41, 5.74) is 3.50. The summed E-state index contributed by atoms with van der Waals surface area (Å²) < 4.78 is 0. The van der Waals surface area contributed by atoms with Crippen molar-refractivity contribution in [3.05, 3.63) is 64.4 Å². The van der Waals surface area contributed by atoms with Gasteiger partial charge in [-0.3, -0.25) is 4.98 Å². The Bertz CT molecular complexity index is 739. The number of benzene rings is 2. The number of anilines is 1. The molecule has 0 amide bonds. The second kappa shape index (κ2) is 5.65. The highest BCUT2D eigenvalue weighted by molar-refractivity contribution is 6.35. The first-order chi connectivity index (χ1) is 9.70. The Morgan fingerprint density at radius 1 is 0.950 bits per heavy atom. The summed E-state index contributed by atoms with van der Waals surface area (Å²) in [6, 6.07) is 13.1. The molecule has 1 aromatic heterocycles. The van der Waals surface area contributed by atoms with Crippen molar-refractivity contribution < 1.29 is 0 Å². The van der Waals surface area contributed by atoms with E-state index in [2.05, 4.69) is 15.3 Å². The standard InChI is InChI=1S/C15H11Cl2N3/c16-10-5-11(17)7-12(6-10)18-8-13-9-19-14-3-1-2-4-15(14)20-13/h1-7,9,18H,8H2. The van der Waals surface area contributed by atoms with Gasteiger partial charge in [0.15, 0.2) is 0 Å². The van der Waals surface area contributed by atoms with Gasteiger partial charge in [-0.1, -0.05) is 35.3 Å². The number of rotatable bonds is 3. The Labute approximate surface area is 126 Å². The molecule has 3 rings (SSSR count). The molecular weight excluding hydrogens is 293 g/mol. The lowest BCUT2D eigenvalue weighted by atomic mass is 10.3. The Hall–Kier alpha value is -1.84. The number of aromatic nitrogens is 2. The molecule has 0 bridgehead atoms. The molecule has 0 atom stereocenters. The minimum absolute atomic E-state index is 0.564. The highest BCUT2D eigenvalue weighted by atomic mass is 35.5. The van der Waals surface area contributed by atoms with E-state index in [0.29, 0.717) is 16.6 Å². The molecule has 20 heavy (non-hydrogen) atoms. The average molecular weight is 304 g/mol. The molecule has 0 saturated heterocycles. The maximum atomic E-state index is 5.96. The summed E-state index contributed by atoms with van der Waals surface area (Å²) in [5, 5.41) is 4.44. The number of nitrogens with one attached hydrogen (secondary N) is 1. The molecule has 5 heteroatoms. The molecule has 0 aliphatic rings. The molecule has 0 unspecified atom stereocenters. The number of fused-ring (bicyclic) bond motifs is 1. The highest BCUT2D eigenvalue weighted by Gasteiger charge is 2.01. The summed E-state index contributed by atoms with van der Waals surface area (Å²) in [4.78, 5) is 8.92. The van der Waals surface area contributed by atoms with Gasteiger partial charge >= 0.3 is 0 Å². The smallest absolute Gasteiger partial charge is 0.0890 e. The van der Waals surface area contributed by atoms with Crippen molar-refractivity contribution in [3.8, 4) is 0 Å². The van der Waals surface area contributed by atoms with Gasteiger partial charge in [0.1, 0.15) is 0 Å². The van der Waals surface area contributed by atoms with Gasteiger partial charge in [0.05, 0.1) is 29.5 Å². The molecule has 0 radical (unpaired) electrons. The van der Waals surface area contributed by atoms with Gasteiger partial charge in [0, 0.05) is 15.7 Å². The van der Waals surface area contributed by atoms with E-state index in [4.69, 9.17) is 23.2 Å². The van der Waals surface area contributed by atoms with Crippen LogP contribution in [-0.4, -0.2) is 9.97 Å². The summed E-state index contributed by atoms with van der Waals surface area (Å²) >= 11 is 11.9. The van der Waals surface area contributed by atoms with E-state index in [1.54, 1.807) is 12.3 Å². The number of halogens is 2. The third-order valence-electron chi connectivity index (χ3n) is 2.83. The fourth-order valence-electron chi connectivity index (χ4n) is 1.93. The van der Waals surface area contributed by atoms with Crippen LogP contribution < -0.4 is 5.32 Å². The van der Waals surface area contributed by atoms with Gasteiger partial charge in [-0.05, 0) is 30.3 Å². The highest BCUT2D eigenvalue weighted by Crippen LogP contribution is 2.22. The quantitative estimate of drug-likeness (QED) is 0.771. The molecule has 1 heterocycles. The summed E-state index contributed by atoms with van der Waals surface area (Å²) in [6.07, 6.45) is 1.77. The predicted octanol–water partition coefficient (Wildman–Crippen LogP) is 4.55. The van der Waals surface area contributed by atoms with Crippen molar-refractivity contribution >= 4 is 39.9 Å². The fraction of sp³-hybridized carbons (Fsp3) is 0.0667. The molecule has 1 N–H and O–H groups in total. The van der Waals surface area contributed by atoms with Gasteiger partial charge in [0.2, 0.25) is 0 Å². The molecular formula is C15H11Cl2N3. The van der Waals surface area contributed by atoms with E-state index < -0.39 is 0 Å². The molecule has 0 aliphatic carbocycles. The van der Waals surface area contributed by atoms with Crippen LogP contribution in [-0.2, 0) is 6.54 Å². The summed E-state index contributed by atoms with van der Waals surface area (Å²) in [6.45, 7) is 0.564. The Morgan fingerprint density at radius 2 is 1.65 bits per heavy atom. The number of para-hydroxylation sites is 2. The number of nitrogens with zero attached hydrogens (tertiary/aromatic N) is 2. The van der Waals surface area contributed by atoms with E-state index in [-0.39, 0.29) is 0 Å². The maximum Gasteiger partial charge on any atom is 0.0890 e. The van der Waals surface area contributed by atoms with Crippen LogP contribution in [0.4, 0.5) is 5.69 Å². The zero-order valence-electron chi connectivity index (χ0n) is 10.5. The largest absolute Gasteiger partial charge is 0.379 e. The zero-order valence-corrected chi connectivity index (χ0v) is 12.0.